The van der Waals surface area contributed by atoms with Gasteiger partial charge in [-0.25, -0.2) is 9.78 Å². The summed E-state index contributed by atoms with van der Waals surface area (Å²) in [5.41, 5.74) is -1.82. The zero-order valence-corrected chi connectivity index (χ0v) is 19.6. The van der Waals surface area contributed by atoms with Gasteiger partial charge < -0.3 is 19.6 Å². The van der Waals surface area contributed by atoms with Crippen molar-refractivity contribution >= 4 is 40.4 Å². The van der Waals surface area contributed by atoms with Gasteiger partial charge in [0.2, 0.25) is 5.60 Å². The number of aromatic nitrogens is 2. The molecule has 0 aromatic carbocycles. The van der Waals surface area contributed by atoms with Gasteiger partial charge in [0.05, 0.1) is 29.0 Å². The topological polar surface area (TPSA) is 101 Å². The van der Waals surface area contributed by atoms with Gasteiger partial charge in [0.15, 0.2) is 18.5 Å². The number of carbonyl (C=O) groups excluding carboxylic acids is 2. The molecule has 1 amide bonds. The second-order valence-electron chi connectivity index (χ2n) is 8.71. The lowest BCUT2D eigenvalue weighted by Gasteiger charge is -2.51. The van der Waals surface area contributed by atoms with Gasteiger partial charge in [0.25, 0.3) is 5.91 Å². The van der Waals surface area contributed by atoms with Gasteiger partial charge in [-0.05, 0) is 22.9 Å². The lowest BCUT2D eigenvalue weighted by atomic mass is 9.83. The minimum atomic E-state index is -1.82. The normalized spacial score (nSPS) is 24.4. The van der Waals surface area contributed by atoms with Crippen molar-refractivity contribution in [3.63, 3.8) is 0 Å². The third kappa shape index (κ3) is 4.31. The number of anilines is 1. The molecule has 2 N–H and O–H groups in total. The third-order valence-electron chi connectivity index (χ3n) is 6.66. The molecule has 6 rings (SSSR count). The Hall–Kier alpha value is -2.66. The molecule has 3 aliphatic rings. The molecule has 6 heterocycles. The van der Waals surface area contributed by atoms with Crippen LogP contribution in [0.2, 0.25) is 0 Å². The molecule has 3 saturated heterocycles. The predicted octanol–water partition coefficient (Wildman–Crippen LogP) is 2.63. The Kier molecular flexibility index (Phi) is 6.00. The van der Waals surface area contributed by atoms with E-state index in [1.807, 2.05) is 22.9 Å². The minimum Gasteiger partial charge on any atom is -0.453 e. The molecule has 0 aliphatic carbocycles. The highest BCUT2D eigenvalue weighted by atomic mass is 32.1. The molecule has 172 valence electrons. The average Bonchev–Trinajstić information content (AvgIpc) is 3.54. The first-order chi connectivity index (χ1) is 16.0. The molecule has 1 atom stereocenters. The number of piperidine rings is 3. The smallest absolute Gasteiger partial charge is 0.349 e. The molecular formula is C23H25N4O4S2+. The molecule has 33 heavy (non-hydrogen) atoms. The van der Waals surface area contributed by atoms with Crippen LogP contribution < -0.4 is 5.32 Å². The summed E-state index contributed by atoms with van der Waals surface area (Å²) in [6.45, 7) is 2.59. The van der Waals surface area contributed by atoms with Gasteiger partial charge in [-0.3, -0.25) is 9.78 Å². The van der Waals surface area contributed by atoms with Crippen LogP contribution in [0.15, 0.2) is 53.6 Å². The maximum atomic E-state index is 13.4. The van der Waals surface area contributed by atoms with E-state index in [2.05, 4.69) is 15.3 Å². The van der Waals surface area contributed by atoms with Gasteiger partial charge in [0.1, 0.15) is 6.54 Å². The molecule has 3 aromatic rings. The Morgan fingerprint density at radius 1 is 1.15 bits per heavy atom. The number of quaternary nitrogens is 1. The molecule has 0 saturated carbocycles. The van der Waals surface area contributed by atoms with Crippen molar-refractivity contribution in [2.24, 2.45) is 5.92 Å². The highest BCUT2D eigenvalue weighted by Gasteiger charge is 2.51. The maximum absolute atomic E-state index is 13.4. The Balaban J connectivity index is 1.31. The van der Waals surface area contributed by atoms with Crippen molar-refractivity contribution in [2.75, 3.05) is 31.5 Å². The summed E-state index contributed by atoms with van der Waals surface area (Å²) in [5, 5.41) is 18.0. The van der Waals surface area contributed by atoms with Crippen LogP contribution in [0.3, 0.4) is 0 Å². The van der Waals surface area contributed by atoms with E-state index in [9.17, 15) is 14.7 Å². The second-order valence-corrected chi connectivity index (χ2v) is 10.6. The van der Waals surface area contributed by atoms with E-state index in [0.29, 0.717) is 26.6 Å². The molecule has 2 bridgehead atoms. The molecule has 3 fully saturated rings. The van der Waals surface area contributed by atoms with Crippen LogP contribution in [0.4, 0.5) is 5.82 Å². The van der Waals surface area contributed by atoms with Crippen molar-refractivity contribution in [1.29, 1.82) is 0 Å². The Morgan fingerprint density at radius 2 is 1.85 bits per heavy atom. The minimum absolute atomic E-state index is 0.130. The first-order valence-electron chi connectivity index (χ1n) is 10.9. The zero-order valence-electron chi connectivity index (χ0n) is 17.9. The van der Waals surface area contributed by atoms with Crippen molar-refractivity contribution in [3.05, 3.63) is 63.4 Å². The Bertz CT molecular complexity index is 1060. The monoisotopic (exact) mass is 485 g/mol. The van der Waals surface area contributed by atoms with Gasteiger partial charge in [-0.2, -0.15) is 0 Å². The standard InChI is InChI=1S/C23H24N4O4S2/c28-21(26-20-13-24-7-8-25-20)15-27-9-5-16(6-10-27)17(14-27)31-22(29)23(30,18-3-1-11-32-18)19-4-2-12-33-19/h1-4,7-8,11-13,16-17,30H,5-6,9-10,14-15H2/p+1/t16?,17-,27?/m0/s1. The van der Waals surface area contributed by atoms with Gasteiger partial charge in [-0.1, -0.05) is 12.1 Å². The summed E-state index contributed by atoms with van der Waals surface area (Å²) in [6.07, 6.45) is 6.03. The van der Waals surface area contributed by atoms with E-state index in [-0.39, 0.29) is 24.5 Å². The van der Waals surface area contributed by atoms with Crippen LogP contribution in [0.5, 0.6) is 0 Å². The van der Waals surface area contributed by atoms with E-state index >= 15 is 0 Å². The second kappa shape index (κ2) is 8.94. The van der Waals surface area contributed by atoms with Crippen molar-refractivity contribution in [3.8, 4) is 0 Å². The lowest BCUT2D eigenvalue weighted by Crippen LogP contribution is -2.66. The van der Waals surface area contributed by atoms with Crippen LogP contribution in [-0.4, -0.2) is 63.7 Å². The third-order valence-corrected chi connectivity index (χ3v) is 8.62. The number of amides is 1. The molecule has 0 unspecified atom stereocenters. The fourth-order valence-corrected chi connectivity index (χ4v) is 6.66. The Labute approximate surface area is 199 Å². The molecule has 3 aromatic heterocycles. The number of carbonyl (C=O) groups is 2. The quantitative estimate of drug-likeness (QED) is 0.394. The summed E-state index contributed by atoms with van der Waals surface area (Å²) in [5.74, 6) is -0.108. The van der Waals surface area contributed by atoms with Crippen LogP contribution in [0, 0.1) is 5.92 Å². The van der Waals surface area contributed by atoms with Crippen LogP contribution in [-0.2, 0) is 19.9 Å². The predicted molar refractivity (Wildman–Crippen MR) is 125 cm³/mol. The number of rotatable bonds is 7. The SMILES string of the molecule is O=C(C[N+]12CCC(CC1)[C@@H](OC(=O)C(O)(c1cccs1)c1cccs1)C2)Nc1cnccn1. The molecule has 3 aliphatic heterocycles. The lowest BCUT2D eigenvalue weighted by molar-refractivity contribution is -0.939. The number of ether oxygens (including phenoxy) is 1. The molecular weight excluding hydrogens is 460 g/mol. The van der Waals surface area contributed by atoms with Crippen molar-refractivity contribution < 1.29 is 23.9 Å². The number of aliphatic hydroxyl groups is 1. The fraction of sp³-hybridized carbons (Fsp3) is 0.391. The fourth-order valence-electron chi connectivity index (χ4n) is 4.94. The summed E-state index contributed by atoms with van der Waals surface area (Å²) >= 11 is 2.66. The molecule has 10 heteroatoms. The van der Waals surface area contributed by atoms with Gasteiger partial charge >= 0.3 is 5.97 Å². The average molecular weight is 486 g/mol. The first kappa shape index (κ1) is 22.1. The van der Waals surface area contributed by atoms with E-state index in [1.165, 1.54) is 35.1 Å². The van der Waals surface area contributed by atoms with E-state index < -0.39 is 11.6 Å². The van der Waals surface area contributed by atoms with Crippen LogP contribution >= 0.6 is 22.7 Å². The number of nitrogens with zero attached hydrogens (tertiary/aromatic N) is 3. The number of nitrogens with one attached hydrogen (secondary N) is 1. The molecule has 0 spiro atoms. The summed E-state index contributed by atoms with van der Waals surface area (Å²) < 4.78 is 6.58. The van der Waals surface area contributed by atoms with Crippen LogP contribution in [0.25, 0.3) is 0 Å². The van der Waals surface area contributed by atoms with E-state index in [1.54, 1.807) is 18.3 Å². The number of fused-ring (bicyclic) bond motifs is 3. The molecule has 8 nitrogen and oxygen atoms in total. The first-order valence-corrected chi connectivity index (χ1v) is 12.7. The van der Waals surface area contributed by atoms with Crippen LogP contribution in [0.1, 0.15) is 22.6 Å². The highest BCUT2D eigenvalue weighted by molar-refractivity contribution is 7.12. The van der Waals surface area contributed by atoms with Gasteiger partial charge in [0, 0.05) is 31.2 Å². The van der Waals surface area contributed by atoms with Crippen molar-refractivity contribution in [1.82, 2.24) is 9.97 Å². The molecule has 0 radical (unpaired) electrons. The highest BCUT2D eigenvalue weighted by Crippen LogP contribution is 2.40. The van der Waals surface area contributed by atoms with Gasteiger partial charge in [-0.15, -0.1) is 22.7 Å². The number of hydrogen-bond donors (Lipinski definition) is 2. The number of esters is 1. The van der Waals surface area contributed by atoms with E-state index in [0.717, 1.165) is 25.9 Å². The largest absolute Gasteiger partial charge is 0.453 e. The van der Waals surface area contributed by atoms with E-state index in [4.69, 9.17) is 4.74 Å². The summed E-state index contributed by atoms with van der Waals surface area (Å²) in [7, 11) is 0. The Morgan fingerprint density at radius 3 is 2.42 bits per heavy atom. The number of thiophene rings is 2. The number of hydrogen-bond acceptors (Lipinski definition) is 8. The maximum Gasteiger partial charge on any atom is 0.349 e. The summed E-state index contributed by atoms with van der Waals surface area (Å²) in [4.78, 5) is 35.3. The van der Waals surface area contributed by atoms with Crippen molar-refractivity contribution in [2.45, 2.75) is 24.5 Å². The summed E-state index contributed by atoms with van der Waals surface area (Å²) in [6, 6.07) is 7.14. The zero-order chi connectivity index (χ0) is 22.9.